The third-order valence-corrected chi connectivity index (χ3v) is 4.15. The van der Waals surface area contributed by atoms with Gasteiger partial charge >= 0.3 is 0 Å². The molecule has 1 heterocycles. The summed E-state index contributed by atoms with van der Waals surface area (Å²) < 4.78 is 0. The zero-order valence-electron chi connectivity index (χ0n) is 12.8. The second-order valence-electron chi connectivity index (χ2n) is 5.57. The highest BCUT2D eigenvalue weighted by Crippen LogP contribution is 2.27. The maximum Gasteiger partial charge on any atom is 0.114 e. The largest absolute Gasteiger partial charge is 0.378 e. The molecular formula is C16H23N3S. The predicted octanol–water partition coefficient (Wildman–Crippen LogP) is 3.60. The molecule has 0 aliphatic heterocycles. The van der Waals surface area contributed by atoms with Crippen LogP contribution in [-0.2, 0) is 0 Å². The maximum atomic E-state index is 4.64. The Morgan fingerprint density at radius 1 is 1.15 bits per heavy atom. The standard InChI is InChI=1S/C16H23N3S/c1-11(2)17-15(16-18-12(3)10-20-16)13-6-8-14(9-7-13)19(4)5/h6-11,15,17H,1-5H3. The highest BCUT2D eigenvalue weighted by molar-refractivity contribution is 7.09. The number of rotatable bonds is 5. The van der Waals surface area contributed by atoms with Crippen LogP contribution in [0.2, 0.25) is 0 Å². The Hall–Kier alpha value is -1.39. The molecule has 0 spiro atoms. The van der Waals surface area contributed by atoms with Gasteiger partial charge in [0.15, 0.2) is 0 Å². The van der Waals surface area contributed by atoms with E-state index in [1.807, 2.05) is 6.92 Å². The number of benzene rings is 1. The van der Waals surface area contributed by atoms with E-state index in [2.05, 4.69) is 72.8 Å². The minimum Gasteiger partial charge on any atom is -0.378 e. The molecule has 0 saturated carbocycles. The van der Waals surface area contributed by atoms with Crippen molar-refractivity contribution < 1.29 is 0 Å². The minimum atomic E-state index is 0.171. The lowest BCUT2D eigenvalue weighted by Crippen LogP contribution is -2.29. The van der Waals surface area contributed by atoms with Crippen LogP contribution in [0.25, 0.3) is 0 Å². The highest BCUT2D eigenvalue weighted by Gasteiger charge is 2.18. The molecular weight excluding hydrogens is 266 g/mol. The van der Waals surface area contributed by atoms with E-state index in [-0.39, 0.29) is 6.04 Å². The summed E-state index contributed by atoms with van der Waals surface area (Å²) in [5, 5.41) is 6.85. The van der Waals surface area contributed by atoms with E-state index in [0.717, 1.165) is 10.7 Å². The fraction of sp³-hybridized carbons (Fsp3) is 0.438. The Morgan fingerprint density at radius 2 is 1.80 bits per heavy atom. The van der Waals surface area contributed by atoms with E-state index >= 15 is 0 Å². The number of aromatic nitrogens is 1. The van der Waals surface area contributed by atoms with Crippen LogP contribution in [0.15, 0.2) is 29.6 Å². The molecule has 0 radical (unpaired) electrons. The van der Waals surface area contributed by atoms with Crippen LogP contribution >= 0.6 is 11.3 Å². The van der Waals surface area contributed by atoms with Gasteiger partial charge in [0.25, 0.3) is 0 Å². The predicted molar refractivity (Wildman–Crippen MR) is 87.7 cm³/mol. The second kappa shape index (κ2) is 6.37. The number of anilines is 1. The van der Waals surface area contributed by atoms with Crippen LogP contribution in [0.5, 0.6) is 0 Å². The molecule has 1 aromatic heterocycles. The summed E-state index contributed by atoms with van der Waals surface area (Å²) in [4.78, 5) is 6.76. The average Bonchev–Trinajstić information content (AvgIpc) is 2.82. The molecule has 0 saturated heterocycles. The quantitative estimate of drug-likeness (QED) is 0.911. The topological polar surface area (TPSA) is 28.2 Å². The van der Waals surface area contributed by atoms with Crippen molar-refractivity contribution in [2.24, 2.45) is 0 Å². The van der Waals surface area contributed by atoms with Gasteiger partial charge in [-0.05, 0) is 38.5 Å². The Morgan fingerprint density at radius 3 is 2.25 bits per heavy atom. The molecule has 0 aliphatic rings. The van der Waals surface area contributed by atoms with E-state index in [0.29, 0.717) is 6.04 Å². The fourth-order valence-corrected chi connectivity index (χ4v) is 2.99. The highest BCUT2D eigenvalue weighted by atomic mass is 32.1. The van der Waals surface area contributed by atoms with Crippen LogP contribution in [0.3, 0.4) is 0 Å². The van der Waals surface area contributed by atoms with Crippen LogP contribution in [0.1, 0.15) is 36.2 Å². The van der Waals surface area contributed by atoms with E-state index in [1.165, 1.54) is 11.3 Å². The third-order valence-electron chi connectivity index (χ3n) is 3.13. The molecule has 0 bridgehead atoms. The van der Waals surface area contributed by atoms with Gasteiger partial charge in [0.2, 0.25) is 0 Å². The third kappa shape index (κ3) is 3.58. The lowest BCUT2D eigenvalue weighted by Gasteiger charge is -2.21. The first-order valence-electron chi connectivity index (χ1n) is 6.92. The lowest BCUT2D eigenvalue weighted by molar-refractivity contribution is 0.526. The van der Waals surface area contributed by atoms with Crippen LogP contribution < -0.4 is 10.2 Å². The first kappa shape index (κ1) is 15.0. The van der Waals surface area contributed by atoms with Gasteiger partial charge in [-0.15, -0.1) is 11.3 Å². The van der Waals surface area contributed by atoms with E-state index in [9.17, 15) is 0 Å². The van der Waals surface area contributed by atoms with Gasteiger partial charge < -0.3 is 10.2 Å². The van der Waals surface area contributed by atoms with E-state index < -0.39 is 0 Å². The Balaban J connectivity index is 2.31. The van der Waals surface area contributed by atoms with Crippen molar-refractivity contribution in [3.63, 3.8) is 0 Å². The van der Waals surface area contributed by atoms with E-state index in [4.69, 9.17) is 0 Å². The number of hydrogen-bond donors (Lipinski definition) is 1. The summed E-state index contributed by atoms with van der Waals surface area (Å²) in [7, 11) is 4.12. The molecule has 20 heavy (non-hydrogen) atoms. The molecule has 2 aromatic rings. The molecule has 4 heteroatoms. The smallest absolute Gasteiger partial charge is 0.114 e. The van der Waals surface area contributed by atoms with Crippen molar-refractivity contribution in [3.05, 3.63) is 45.9 Å². The van der Waals surface area contributed by atoms with Crippen LogP contribution in [0, 0.1) is 6.92 Å². The first-order chi connectivity index (χ1) is 9.47. The summed E-state index contributed by atoms with van der Waals surface area (Å²) in [6.07, 6.45) is 0. The van der Waals surface area contributed by atoms with Crippen molar-refractivity contribution in [3.8, 4) is 0 Å². The van der Waals surface area contributed by atoms with E-state index in [1.54, 1.807) is 11.3 Å². The van der Waals surface area contributed by atoms with Gasteiger partial charge in [-0.1, -0.05) is 12.1 Å². The SMILES string of the molecule is Cc1csc(C(NC(C)C)c2ccc(N(C)C)cc2)n1. The van der Waals surface area contributed by atoms with Gasteiger partial charge in [-0.25, -0.2) is 4.98 Å². The maximum absolute atomic E-state index is 4.64. The zero-order chi connectivity index (χ0) is 14.7. The Labute approximate surface area is 125 Å². The van der Waals surface area contributed by atoms with Gasteiger partial charge in [-0.3, -0.25) is 0 Å². The van der Waals surface area contributed by atoms with Gasteiger partial charge in [0, 0.05) is 36.9 Å². The monoisotopic (exact) mass is 289 g/mol. The number of hydrogen-bond acceptors (Lipinski definition) is 4. The molecule has 0 aliphatic carbocycles. The summed E-state index contributed by atoms with van der Waals surface area (Å²) >= 11 is 1.72. The number of nitrogens with one attached hydrogen (secondary N) is 1. The molecule has 2 rings (SSSR count). The van der Waals surface area contributed by atoms with Crippen molar-refractivity contribution in [2.45, 2.75) is 32.9 Å². The molecule has 1 atom stereocenters. The molecule has 1 aromatic carbocycles. The van der Waals surface area contributed by atoms with Crippen molar-refractivity contribution in [1.29, 1.82) is 0 Å². The summed E-state index contributed by atoms with van der Waals surface area (Å²) in [5.74, 6) is 0. The summed E-state index contributed by atoms with van der Waals surface area (Å²) in [6, 6.07) is 9.27. The Bertz CT molecular complexity index is 543. The van der Waals surface area contributed by atoms with Crippen molar-refractivity contribution in [1.82, 2.24) is 10.3 Å². The lowest BCUT2D eigenvalue weighted by atomic mass is 10.1. The molecule has 1 unspecified atom stereocenters. The average molecular weight is 289 g/mol. The number of thiazole rings is 1. The van der Waals surface area contributed by atoms with Gasteiger partial charge in [-0.2, -0.15) is 0 Å². The van der Waals surface area contributed by atoms with Crippen molar-refractivity contribution >= 4 is 17.0 Å². The number of nitrogens with zero attached hydrogens (tertiary/aromatic N) is 2. The first-order valence-corrected chi connectivity index (χ1v) is 7.80. The normalized spacial score (nSPS) is 12.7. The van der Waals surface area contributed by atoms with Gasteiger partial charge in [0.1, 0.15) is 5.01 Å². The molecule has 0 amide bonds. The molecule has 108 valence electrons. The second-order valence-corrected chi connectivity index (χ2v) is 6.46. The Kier molecular flexibility index (Phi) is 4.78. The minimum absolute atomic E-state index is 0.171. The van der Waals surface area contributed by atoms with Crippen LogP contribution in [-0.4, -0.2) is 25.1 Å². The molecule has 1 N–H and O–H groups in total. The van der Waals surface area contributed by atoms with Gasteiger partial charge in [0.05, 0.1) is 6.04 Å². The van der Waals surface area contributed by atoms with Crippen LogP contribution in [0.4, 0.5) is 5.69 Å². The zero-order valence-corrected chi connectivity index (χ0v) is 13.7. The number of aryl methyl sites for hydroxylation is 1. The fourth-order valence-electron chi connectivity index (χ4n) is 2.11. The molecule has 3 nitrogen and oxygen atoms in total. The summed E-state index contributed by atoms with van der Waals surface area (Å²) in [5.41, 5.74) is 3.57. The molecule has 0 fully saturated rings. The van der Waals surface area contributed by atoms with Crippen molar-refractivity contribution in [2.75, 3.05) is 19.0 Å². The summed E-state index contributed by atoms with van der Waals surface area (Å²) in [6.45, 7) is 6.38.